The summed E-state index contributed by atoms with van der Waals surface area (Å²) in [6.45, 7) is 13.3. The molecule has 0 atom stereocenters. The molecule has 0 aliphatic carbocycles. The van der Waals surface area contributed by atoms with Crippen LogP contribution in [0.15, 0.2) is 48.8 Å². The van der Waals surface area contributed by atoms with E-state index in [1.165, 1.54) is 33.4 Å². The molecule has 2 aromatic heterocycles. The van der Waals surface area contributed by atoms with Gasteiger partial charge in [-0.05, 0) is 99.2 Å². The zero-order valence-corrected chi connectivity index (χ0v) is 18.7. The summed E-state index contributed by atoms with van der Waals surface area (Å²) >= 11 is 1.82. The average Bonchev–Trinajstić information content (AvgIpc) is 2.72. The Balaban J connectivity index is 0.000000238. The summed E-state index contributed by atoms with van der Waals surface area (Å²) in [6, 6.07) is 11.6. The van der Waals surface area contributed by atoms with Crippen molar-refractivity contribution in [3.05, 3.63) is 82.2 Å². The van der Waals surface area contributed by atoms with Crippen LogP contribution in [0.3, 0.4) is 0 Å². The van der Waals surface area contributed by atoms with Gasteiger partial charge >= 0.3 is 27.0 Å². The fourth-order valence-electron chi connectivity index (χ4n) is 2.72. The van der Waals surface area contributed by atoms with Gasteiger partial charge < -0.3 is 0 Å². The van der Waals surface area contributed by atoms with Gasteiger partial charge in [-0.25, -0.2) is 0 Å². The van der Waals surface area contributed by atoms with Crippen LogP contribution in [0, 0.1) is 41.5 Å². The van der Waals surface area contributed by atoms with Gasteiger partial charge in [0.15, 0.2) is 0 Å². The third kappa shape index (κ3) is 5.72. The Morgan fingerprint density at radius 3 is 1.00 bits per heavy atom. The molecule has 4 heteroatoms. The first-order valence-electron chi connectivity index (χ1n) is 8.42. The van der Waals surface area contributed by atoms with Crippen LogP contribution in [0.25, 0.3) is 11.4 Å². The van der Waals surface area contributed by atoms with Gasteiger partial charge in [-0.3, -0.25) is 9.97 Å². The van der Waals surface area contributed by atoms with Gasteiger partial charge in [0.1, 0.15) is 0 Å². The molecule has 0 fully saturated rings. The monoisotopic (exact) mass is 455 g/mol. The zero-order valence-electron chi connectivity index (χ0n) is 16.2. The van der Waals surface area contributed by atoms with Crippen molar-refractivity contribution in [2.75, 3.05) is 0 Å². The molecule has 0 bridgehead atoms. The SMILES string of the molecule is Cc1c(C)c(C)c(C)c(C)c1C.[Cl][Ru+].c1ccc(-c2ccccn2)nc1. The standard InChI is InChI=1S/C12H18.C10H8N2.ClH.Ru/c1-7-8(2)10(4)12(6)11(5)9(7)3;1-3-7-11-9(5-1)10-6-2-4-8-12-10;;/h1-6H3;1-8H;1H;/q;;;+2/p-1. The Bertz CT molecular complexity index is 676. The first kappa shape index (κ1) is 22.5. The van der Waals surface area contributed by atoms with Gasteiger partial charge in [-0.2, -0.15) is 0 Å². The predicted octanol–water partition coefficient (Wildman–Crippen LogP) is 6.37. The van der Waals surface area contributed by atoms with Crippen molar-refractivity contribution in [2.45, 2.75) is 41.5 Å². The largest absolute Gasteiger partial charge is 0.255 e. The maximum Gasteiger partial charge on any atom is 0.0886 e. The van der Waals surface area contributed by atoms with Crippen molar-refractivity contribution in [1.29, 1.82) is 0 Å². The van der Waals surface area contributed by atoms with E-state index >= 15 is 0 Å². The van der Waals surface area contributed by atoms with Gasteiger partial charge in [0.05, 0.1) is 11.4 Å². The summed E-state index contributed by atoms with van der Waals surface area (Å²) in [5, 5.41) is 0. The van der Waals surface area contributed by atoms with E-state index in [1.54, 1.807) is 12.4 Å². The van der Waals surface area contributed by atoms with Crippen LogP contribution in [0.2, 0.25) is 0 Å². The Kier molecular flexibility index (Phi) is 9.69. The minimum Gasteiger partial charge on any atom is -0.255 e. The maximum absolute atomic E-state index is 4.57. The van der Waals surface area contributed by atoms with E-state index in [-0.39, 0.29) is 0 Å². The third-order valence-corrected chi connectivity index (χ3v) is 4.97. The van der Waals surface area contributed by atoms with E-state index in [0.717, 1.165) is 11.4 Å². The second-order valence-electron chi connectivity index (χ2n) is 6.18. The molecule has 3 aromatic rings. The molecule has 0 saturated heterocycles. The van der Waals surface area contributed by atoms with E-state index in [1.807, 2.05) is 53.7 Å². The molecule has 0 aliphatic heterocycles. The van der Waals surface area contributed by atoms with Crippen LogP contribution < -0.4 is 0 Å². The smallest absolute Gasteiger partial charge is 0.0886 e. The fraction of sp³-hybridized carbons (Fsp3) is 0.273. The number of halogens is 1. The van der Waals surface area contributed by atoms with Crippen molar-refractivity contribution in [1.82, 2.24) is 9.97 Å². The predicted molar refractivity (Wildman–Crippen MR) is 108 cm³/mol. The van der Waals surface area contributed by atoms with Crippen molar-refractivity contribution in [3.8, 4) is 11.4 Å². The molecular formula is C22H26ClN2Ru+. The maximum atomic E-state index is 4.57. The summed E-state index contributed by atoms with van der Waals surface area (Å²) in [5.74, 6) is 0. The number of rotatable bonds is 1. The van der Waals surface area contributed by atoms with Crippen molar-refractivity contribution >= 4 is 9.69 Å². The second kappa shape index (κ2) is 11.2. The molecule has 2 heterocycles. The van der Waals surface area contributed by atoms with E-state index in [4.69, 9.17) is 0 Å². The third-order valence-electron chi connectivity index (χ3n) is 4.97. The number of aromatic nitrogens is 2. The number of hydrogen-bond acceptors (Lipinski definition) is 2. The van der Waals surface area contributed by atoms with Crippen LogP contribution in [-0.2, 0) is 17.3 Å². The number of hydrogen-bond donors (Lipinski definition) is 0. The molecule has 3 rings (SSSR count). The molecule has 0 N–H and O–H groups in total. The van der Waals surface area contributed by atoms with Gasteiger partial charge in [0, 0.05) is 12.4 Å². The molecule has 0 saturated carbocycles. The first-order chi connectivity index (χ1) is 12.4. The molecule has 1 aromatic carbocycles. The van der Waals surface area contributed by atoms with Crippen LogP contribution in [0.4, 0.5) is 0 Å². The molecule has 2 nitrogen and oxygen atoms in total. The van der Waals surface area contributed by atoms with Gasteiger partial charge in [0.2, 0.25) is 0 Å². The molecule has 138 valence electrons. The second-order valence-corrected chi connectivity index (χ2v) is 6.18. The Labute approximate surface area is 171 Å². The Morgan fingerprint density at radius 2 is 0.808 bits per heavy atom. The van der Waals surface area contributed by atoms with Gasteiger partial charge in [0.25, 0.3) is 0 Å². The Morgan fingerprint density at radius 1 is 0.538 bits per heavy atom. The Hall–Kier alpha value is -1.57. The molecule has 0 radical (unpaired) electrons. The van der Waals surface area contributed by atoms with Crippen LogP contribution >= 0.6 is 9.69 Å². The van der Waals surface area contributed by atoms with Crippen molar-refractivity contribution in [2.24, 2.45) is 0 Å². The minimum absolute atomic E-state index is 0.915. The summed E-state index contributed by atoms with van der Waals surface area (Å²) < 4.78 is 0. The van der Waals surface area contributed by atoms with E-state index in [2.05, 4.69) is 61.2 Å². The summed E-state index contributed by atoms with van der Waals surface area (Å²) in [5.41, 5.74) is 10.6. The van der Waals surface area contributed by atoms with E-state index in [0.29, 0.717) is 0 Å². The minimum atomic E-state index is 0.915. The van der Waals surface area contributed by atoms with E-state index < -0.39 is 0 Å². The van der Waals surface area contributed by atoms with E-state index in [9.17, 15) is 0 Å². The average molecular weight is 455 g/mol. The summed E-state index contributed by atoms with van der Waals surface area (Å²) in [6.07, 6.45) is 3.54. The van der Waals surface area contributed by atoms with Crippen LogP contribution in [0.1, 0.15) is 33.4 Å². The molecule has 26 heavy (non-hydrogen) atoms. The quantitative estimate of drug-likeness (QED) is 0.399. The normalized spacial score (nSPS) is 9.54. The molecule has 0 aliphatic rings. The van der Waals surface area contributed by atoms with Crippen LogP contribution in [-0.4, -0.2) is 9.97 Å². The molecule has 0 spiro atoms. The topological polar surface area (TPSA) is 25.8 Å². The number of nitrogens with zero attached hydrogens (tertiary/aromatic N) is 2. The summed E-state index contributed by atoms with van der Waals surface area (Å²) in [7, 11) is 4.57. The molecule has 0 unspecified atom stereocenters. The molecule has 0 amide bonds. The first-order valence-corrected chi connectivity index (χ1v) is 10.7. The van der Waals surface area contributed by atoms with Crippen LogP contribution in [0.5, 0.6) is 0 Å². The number of pyridine rings is 2. The van der Waals surface area contributed by atoms with Gasteiger partial charge in [-0.1, -0.05) is 12.1 Å². The summed E-state index contributed by atoms with van der Waals surface area (Å²) in [4.78, 5) is 8.37. The van der Waals surface area contributed by atoms with Gasteiger partial charge in [-0.15, -0.1) is 0 Å². The molecular weight excluding hydrogens is 429 g/mol. The number of benzene rings is 1. The zero-order chi connectivity index (χ0) is 19.7. The van der Waals surface area contributed by atoms with Crippen molar-refractivity contribution < 1.29 is 17.3 Å². The fourth-order valence-corrected chi connectivity index (χ4v) is 2.72. The van der Waals surface area contributed by atoms with Crippen molar-refractivity contribution in [3.63, 3.8) is 0 Å².